The summed E-state index contributed by atoms with van der Waals surface area (Å²) < 4.78 is 56.7. The van der Waals surface area contributed by atoms with Gasteiger partial charge in [0.25, 0.3) is 0 Å². The molecule has 3 aromatic heterocycles. The minimum atomic E-state index is -0.992. The predicted molar refractivity (Wildman–Crippen MR) is 432 cm³/mol. The van der Waals surface area contributed by atoms with Crippen molar-refractivity contribution in [1.82, 2.24) is 29.7 Å². The zero-order valence-corrected chi connectivity index (χ0v) is 66.3. The monoisotopic (exact) mass is 1510 g/mol. The zero-order chi connectivity index (χ0) is 77.3. The normalized spacial score (nSPS) is 20.5. The Morgan fingerprint density at radius 3 is 1.25 bits per heavy atom. The van der Waals surface area contributed by atoms with Crippen molar-refractivity contribution in [2.24, 2.45) is 0 Å². The fourth-order valence-electron chi connectivity index (χ4n) is 16.6. The van der Waals surface area contributed by atoms with Gasteiger partial charge in [0.1, 0.15) is 40.8 Å². The number of likely N-dealkylation sites (tertiary alicyclic amines) is 3. The number of pyridine rings is 3. The number of carboxylic acids is 1. The van der Waals surface area contributed by atoms with E-state index in [9.17, 15) is 24.5 Å². The number of hydrogen-bond donors (Lipinski definition) is 6. The van der Waals surface area contributed by atoms with E-state index in [1.807, 2.05) is 56.9 Å². The summed E-state index contributed by atoms with van der Waals surface area (Å²) in [6, 6.07) is 32.8. The van der Waals surface area contributed by atoms with E-state index >= 15 is 0 Å². The molecule has 0 spiro atoms. The van der Waals surface area contributed by atoms with E-state index in [4.69, 9.17) is 48.1 Å². The Labute approximate surface area is 653 Å². The smallest absolute Gasteiger partial charge is 0.325 e. The molecule has 0 amide bonds. The van der Waals surface area contributed by atoms with Gasteiger partial charge in [-0.2, -0.15) is 0 Å². The van der Waals surface area contributed by atoms with E-state index in [1.165, 1.54) is 35.6 Å². The van der Waals surface area contributed by atoms with Gasteiger partial charge < -0.3 is 64.4 Å². The number of ether oxygens (including phenoxy) is 7. The highest BCUT2D eigenvalue weighted by Gasteiger charge is 2.38. The van der Waals surface area contributed by atoms with Crippen molar-refractivity contribution in [3.63, 3.8) is 0 Å². The summed E-state index contributed by atoms with van der Waals surface area (Å²) in [6.07, 6.45) is 19.7. The first-order valence-corrected chi connectivity index (χ1v) is 41.1. The van der Waals surface area contributed by atoms with Gasteiger partial charge in [0.2, 0.25) is 0 Å². The molecule has 10 heterocycles. The van der Waals surface area contributed by atoms with Crippen LogP contribution in [-0.4, -0.2) is 180 Å². The van der Waals surface area contributed by atoms with Gasteiger partial charge in [-0.3, -0.25) is 19.5 Å². The van der Waals surface area contributed by atoms with Gasteiger partial charge in [0.15, 0.2) is 0 Å². The van der Waals surface area contributed by atoms with Crippen LogP contribution in [0.25, 0.3) is 0 Å². The molecular formula is C89H124FN9O11. The van der Waals surface area contributed by atoms with E-state index < -0.39 is 17.8 Å². The first-order valence-electron chi connectivity index (χ1n) is 41.1. The molecule has 6 N–H and O–H groups in total. The van der Waals surface area contributed by atoms with Crippen molar-refractivity contribution in [2.45, 2.75) is 237 Å². The van der Waals surface area contributed by atoms with Crippen molar-refractivity contribution in [2.75, 3.05) is 108 Å². The number of aliphatic hydroxyl groups is 2. The summed E-state index contributed by atoms with van der Waals surface area (Å²) in [7, 11) is 0. The van der Waals surface area contributed by atoms with Gasteiger partial charge in [-0.15, -0.1) is 0 Å². The topological polar surface area (TPSA) is 227 Å². The Morgan fingerprint density at radius 2 is 0.882 bits per heavy atom. The van der Waals surface area contributed by atoms with Crippen molar-refractivity contribution in [1.29, 1.82) is 0 Å². The number of aliphatic carboxylic acids is 1. The summed E-state index contributed by atoms with van der Waals surface area (Å²) in [5.41, 5.74) is 12.5. The molecule has 0 aliphatic carbocycles. The average molecular weight is 1520 g/mol. The van der Waals surface area contributed by atoms with Crippen LogP contribution in [0, 0.1) is 5.82 Å². The molecule has 598 valence electrons. The number of carboxylic acid groups (broad SMARTS) is 1. The summed E-state index contributed by atoms with van der Waals surface area (Å²) in [5.74, 6) is 2.10. The number of rotatable bonds is 36. The van der Waals surface area contributed by atoms with Crippen molar-refractivity contribution < 1.29 is 57.7 Å². The lowest BCUT2D eigenvalue weighted by Gasteiger charge is -2.30. The lowest BCUT2D eigenvalue weighted by atomic mass is 9.95. The second kappa shape index (κ2) is 42.5. The van der Waals surface area contributed by atoms with Crippen LogP contribution < -0.4 is 16.0 Å². The van der Waals surface area contributed by atoms with Crippen LogP contribution in [0.1, 0.15) is 222 Å². The van der Waals surface area contributed by atoms with Crippen molar-refractivity contribution in [3.8, 4) is 0 Å². The fraction of sp³-hybridized carbons (Fsp3) is 0.573. The molecule has 0 saturated carbocycles. The van der Waals surface area contributed by atoms with E-state index in [0.717, 1.165) is 225 Å². The van der Waals surface area contributed by atoms with Crippen LogP contribution in [0.15, 0.2) is 128 Å². The number of fused-ring (bicyclic) bond motifs is 3. The molecule has 110 heavy (non-hydrogen) atoms. The van der Waals surface area contributed by atoms with Gasteiger partial charge in [-0.05, 0) is 232 Å². The minimum Gasteiger partial charge on any atom is -0.511 e. The number of hydrogen-bond acceptors (Lipinski definition) is 19. The molecule has 0 bridgehead atoms. The molecule has 0 radical (unpaired) electrons. The Balaban J connectivity index is 0.000000164. The van der Waals surface area contributed by atoms with Gasteiger partial charge in [0.05, 0.1) is 74.1 Å². The molecule has 13 rings (SSSR count). The molecule has 21 heteroatoms. The van der Waals surface area contributed by atoms with Crippen molar-refractivity contribution >= 4 is 23.4 Å². The van der Waals surface area contributed by atoms with E-state index in [0.29, 0.717) is 44.0 Å². The Kier molecular flexibility index (Phi) is 32.2. The largest absolute Gasteiger partial charge is 0.511 e. The maximum Gasteiger partial charge on any atom is 0.325 e. The second-order valence-corrected chi connectivity index (χ2v) is 31.3. The number of anilines is 3. The first-order chi connectivity index (χ1) is 53.4. The summed E-state index contributed by atoms with van der Waals surface area (Å²) in [5, 5.41) is 41.5. The number of nitrogens with one attached hydrogen (secondary N) is 3. The van der Waals surface area contributed by atoms with E-state index in [1.54, 1.807) is 12.1 Å². The number of carbonyl (C=O) groups is 1. The third-order valence-electron chi connectivity index (χ3n) is 22.1. The molecule has 6 aromatic rings. The minimum absolute atomic E-state index is 0.0305. The molecule has 4 saturated heterocycles. The molecule has 4 fully saturated rings. The Hall–Kier alpha value is -7.41. The number of nitrogens with zero attached hydrogens (tertiary/aromatic N) is 6. The number of aryl methyl sites for hydroxylation is 6. The van der Waals surface area contributed by atoms with Crippen LogP contribution in [0.3, 0.4) is 0 Å². The maximum atomic E-state index is 14.8. The number of unbranched alkanes of at least 4 members (excludes halogenated alkanes) is 3. The van der Waals surface area contributed by atoms with Gasteiger partial charge >= 0.3 is 5.97 Å². The van der Waals surface area contributed by atoms with Crippen molar-refractivity contribution in [3.05, 3.63) is 201 Å². The molecule has 7 aliphatic rings. The number of halogens is 1. The van der Waals surface area contributed by atoms with Crippen LogP contribution in [0.5, 0.6) is 0 Å². The highest BCUT2D eigenvalue weighted by molar-refractivity contribution is 5.76. The molecule has 20 nitrogen and oxygen atoms in total. The summed E-state index contributed by atoms with van der Waals surface area (Å²) >= 11 is 0. The van der Waals surface area contributed by atoms with Gasteiger partial charge in [-0.1, -0.05) is 92.0 Å². The lowest BCUT2D eigenvalue weighted by Crippen LogP contribution is -2.34. The fourth-order valence-corrected chi connectivity index (χ4v) is 16.6. The van der Waals surface area contributed by atoms with Gasteiger partial charge in [0, 0.05) is 108 Å². The predicted octanol–water partition coefficient (Wildman–Crippen LogP) is 16.4. The standard InChI is InChI=1S/2C30H43N3O3.C29H38FN3O5/c2*1-21(2)36-23(4)27-12-5-6-13-28(27)29(22(3)34)33-18-16-26(20-33)35-19-8-7-11-25-15-14-24-10-9-17-31-30(24)32-25;30-26-8-3-7-24(25(26)19-38-23-12-16-36-18-23)27(29(34)35)33-14-11-22(17-33)37-15-2-1-6-21-10-9-20-5-4-13-31-28(20)32-21/h2*5-6,12-15,21,23,26,29,34H,3,7-11,16-20H2,1-2,4H3,(H,31,32);3,7-10,22-23,27H,1-2,4-6,11-19H2,(H,31,32)(H,34,35)/t23-,26-,29+;23-,26-,29-;22-,23-,27?/m111/s1. The van der Waals surface area contributed by atoms with Crippen LogP contribution >= 0.6 is 0 Å². The van der Waals surface area contributed by atoms with E-state index in [-0.39, 0.29) is 79.0 Å². The third-order valence-corrected chi connectivity index (χ3v) is 22.1. The SMILES string of the molecule is C=C(O)[C@@H](c1ccccc1[C@@H](C)OC(C)C)N1CC[C@@H](OCCCCc2ccc3c(n2)NCCC3)C1.C=C(O)[C@H](c1ccccc1[C@@H](C)OC(C)C)N1CC[C@@H](OCCCCc2ccc3c(n2)NCCC3)C1.O=C(O)C(c1cccc(F)c1CO[C@@H]1CCOC1)N1CC[C@@H](OCCCCc2ccc3c(n2)NCCC3)C1. The molecule has 7 aliphatic heterocycles. The van der Waals surface area contributed by atoms with Crippen LogP contribution in [-0.2, 0) is 83.1 Å². The summed E-state index contributed by atoms with van der Waals surface area (Å²) in [6.45, 7) is 30.9. The summed E-state index contributed by atoms with van der Waals surface area (Å²) in [4.78, 5) is 33.2. The maximum absolute atomic E-state index is 14.8. The first kappa shape index (κ1) is 83.5. The number of aromatic nitrogens is 3. The second-order valence-electron chi connectivity index (χ2n) is 31.3. The average Bonchev–Trinajstić information content (AvgIpc) is 1.43. The quantitative estimate of drug-likeness (QED) is 0.0159. The highest BCUT2D eigenvalue weighted by Crippen LogP contribution is 2.39. The Bertz CT molecular complexity index is 3730. The number of aliphatic hydroxyl groups excluding tert-OH is 2. The number of benzene rings is 3. The lowest BCUT2D eigenvalue weighted by molar-refractivity contribution is -0.143. The highest BCUT2D eigenvalue weighted by atomic mass is 19.1. The molecular weight excluding hydrogens is 1390 g/mol. The molecule has 3 aromatic carbocycles. The van der Waals surface area contributed by atoms with Crippen LogP contribution in [0.2, 0.25) is 0 Å². The third kappa shape index (κ3) is 24.1. The Morgan fingerprint density at radius 1 is 0.491 bits per heavy atom. The molecule has 9 atom stereocenters. The van der Waals surface area contributed by atoms with E-state index in [2.05, 4.69) is 113 Å². The van der Waals surface area contributed by atoms with Crippen LogP contribution in [0.4, 0.5) is 21.8 Å². The zero-order valence-electron chi connectivity index (χ0n) is 66.3. The van der Waals surface area contributed by atoms with Gasteiger partial charge in [-0.25, -0.2) is 19.3 Å². The molecule has 1 unspecified atom stereocenters.